The Balaban J connectivity index is 1.41. The molecule has 0 spiro atoms. The van der Waals surface area contributed by atoms with E-state index in [4.69, 9.17) is 9.47 Å². The standard InChI is InChI=1S/C21H20N4O3/c1-2-25(16-6-4-3-5-7-16)20-11-9-17(23-24-20)21(26)22-13-15-8-10-18-19(12-15)28-14-27-18/h3-12H,2,13-14H2,1H3,(H,22,26). The summed E-state index contributed by atoms with van der Waals surface area (Å²) in [5.74, 6) is 1.83. The fraction of sp³-hybridized carbons (Fsp3) is 0.190. The molecule has 2 aromatic carbocycles. The molecule has 0 atom stereocenters. The molecule has 0 bridgehead atoms. The van der Waals surface area contributed by atoms with Crippen LogP contribution in [0.15, 0.2) is 60.7 Å². The van der Waals surface area contributed by atoms with Crippen LogP contribution >= 0.6 is 0 Å². The zero-order valence-corrected chi connectivity index (χ0v) is 15.5. The molecule has 0 fully saturated rings. The molecule has 0 unspecified atom stereocenters. The van der Waals surface area contributed by atoms with Gasteiger partial charge < -0.3 is 19.7 Å². The molecule has 7 nitrogen and oxygen atoms in total. The number of benzene rings is 2. The normalized spacial score (nSPS) is 11.9. The second-order valence-corrected chi connectivity index (χ2v) is 6.23. The Morgan fingerprint density at radius 2 is 1.86 bits per heavy atom. The average Bonchev–Trinajstić information content (AvgIpc) is 3.22. The van der Waals surface area contributed by atoms with Gasteiger partial charge in [0.05, 0.1) is 0 Å². The highest BCUT2D eigenvalue weighted by Gasteiger charge is 2.15. The second-order valence-electron chi connectivity index (χ2n) is 6.23. The lowest BCUT2D eigenvalue weighted by atomic mass is 10.2. The molecular weight excluding hydrogens is 356 g/mol. The molecule has 3 aromatic rings. The van der Waals surface area contributed by atoms with Crippen LogP contribution in [0, 0.1) is 0 Å². The van der Waals surface area contributed by atoms with Gasteiger partial charge in [0.25, 0.3) is 5.91 Å². The van der Waals surface area contributed by atoms with Crippen molar-refractivity contribution >= 4 is 17.4 Å². The number of carbonyl (C=O) groups excluding carboxylic acids is 1. The van der Waals surface area contributed by atoms with E-state index in [9.17, 15) is 4.79 Å². The van der Waals surface area contributed by atoms with Gasteiger partial charge in [-0.05, 0) is 48.9 Å². The van der Waals surface area contributed by atoms with E-state index in [-0.39, 0.29) is 18.4 Å². The molecule has 0 radical (unpaired) electrons. The summed E-state index contributed by atoms with van der Waals surface area (Å²) in [4.78, 5) is 14.4. The van der Waals surface area contributed by atoms with Crippen molar-refractivity contribution in [3.05, 3.63) is 71.9 Å². The molecular formula is C21H20N4O3. The Morgan fingerprint density at radius 1 is 1.04 bits per heavy atom. The average molecular weight is 376 g/mol. The van der Waals surface area contributed by atoms with Gasteiger partial charge >= 0.3 is 0 Å². The Morgan fingerprint density at radius 3 is 2.61 bits per heavy atom. The first-order valence-corrected chi connectivity index (χ1v) is 9.07. The summed E-state index contributed by atoms with van der Waals surface area (Å²) in [7, 11) is 0. The maximum Gasteiger partial charge on any atom is 0.272 e. The summed E-state index contributed by atoms with van der Waals surface area (Å²) in [5, 5.41) is 11.2. The maximum atomic E-state index is 12.4. The highest BCUT2D eigenvalue weighted by molar-refractivity contribution is 5.92. The first kappa shape index (κ1) is 17.8. The van der Waals surface area contributed by atoms with Crippen molar-refractivity contribution in [2.45, 2.75) is 13.5 Å². The lowest BCUT2D eigenvalue weighted by Gasteiger charge is -2.21. The number of aromatic nitrogens is 2. The smallest absolute Gasteiger partial charge is 0.272 e. The van der Waals surface area contributed by atoms with Crippen molar-refractivity contribution in [1.82, 2.24) is 15.5 Å². The van der Waals surface area contributed by atoms with Crippen LogP contribution in [0.1, 0.15) is 23.0 Å². The van der Waals surface area contributed by atoms with Crippen LogP contribution < -0.4 is 19.7 Å². The second kappa shape index (κ2) is 7.96. The molecule has 1 N–H and O–H groups in total. The lowest BCUT2D eigenvalue weighted by molar-refractivity contribution is 0.0945. The van der Waals surface area contributed by atoms with Gasteiger partial charge in [0.2, 0.25) is 6.79 Å². The summed E-state index contributed by atoms with van der Waals surface area (Å²) >= 11 is 0. The molecule has 142 valence electrons. The van der Waals surface area contributed by atoms with E-state index in [1.54, 1.807) is 12.1 Å². The van der Waals surface area contributed by atoms with Crippen LogP contribution in [0.4, 0.5) is 11.5 Å². The molecule has 1 aromatic heterocycles. The van der Waals surface area contributed by atoms with Crippen molar-refractivity contribution in [2.75, 3.05) is 18.2 Å². The number of anilines is 2. The van der Waals surface area contributed by atoms with E-state index in [0.717, 1.165) is 23.5 Å². The topological polar surface area (TPSA) is 76.6 Å². The number of ether oxygens (including phenoxy) is 2. The van der Waals surface area contributed by atoms with Gasteiger partial charge in [0, 0.05) is 18.8 Å². The zero-order valence-electron chi connectivity index (χ0n) is 15.5. The summed E-state index contributed by atoms with van der Waals surface area (Å²) in [5.41, 5.74) is 2.22. The molecule has 0 saturated carbocycles. The number of carbonyl (C=O) groups is 1. The zero-order chi connectivity index (χ0) is 19.3. The van der Waals surface area contributed by atoms with Crippen LogP contribution in [0.3, 0.4) is 0 Å². The molecule has 2 heterocycles. The third kappa shape index (κ3) is 3.73. The number of para-hydroxylation sites is 1. The Kier molecular flexibility index (Phi) is 5.05. The summed E-state index contributed by atoms with van der Waals surface area (Å²) < 4.78 is 10.6. The minimum atomic E-state index is -0.278. The number of fused-ring (bicyclic) bond motifs is 1. The van der Waals surface area contributed by atoms with E-state index in [1.807, 2.05) is 60.4 Å². The van der Waals surface area contributed by atoms with Crippen LogP contribution in [0.25, 0.3) is 0 Å². The van der Waals surface area contributed by atoms with E-state index in [1.165, 1.54) is 0 Å². The molecule has 4 rings (SSSR count). The van der Waals surface area contributed by atoms with Crippen molar-refractivity contribution < 1.29 is 14.3 Å². The largest absolute Gasteiger partial charge is 0.454 e. The first-order chi connectivity index (χ1) is 13.7. The van der Waals surface area contributed by atoms with Gasteiger partial charge in [-0.15, -0.1) is 10.2 Å². The van der Waals surface area contributed by atoms with Crippen LogP contribution in [0.2, 0.25) is 0 Å². The Hall–Kier alpha value is -3.61. The monoisotopic (exact) mass is 376 g/mol. The van der Waals surface area contributed by atoms with Crippen molar-refractivity contribution in [3.63, 3.8) is 0 Å². The van der Waals surface area contributed by atoms with Gasteiger partial charge in [-0.25, -0.2) is 0 Å². The third-order valence-electron chi connectivity index (χ3n) is 4.43. The Labute approximate surface area is 162 Å². The molecule has 28 heavy (non-hydrogen) atoms. The summed E-state index contributed by atoms with van der Waals surface area (Å²) in [6, 6.07) is 19.0. The predicted molar refractivity (Wildman–Crippen MR) is 105 cm³/mol. The van der Waals surface area contributed by atoms with E-state index in [0.29, 0.717) is 18.1 Å². The maximum absolute atomic E-state index is 12.4. The van der Waals surface area contributed by atoms with E-state index >= 15 is 0 Å². The van der Waals surface area contributed by atoms with Gasteiger partial charge in [-0.3, -0.25) is 4.79 Å². The fourth-order valence-corrected chi connectivity index (χ4v) is 3.00. The lowest BCUT2D eigenvalue weighted by Crippen LogP contribution is -2.25. The number of hydrogen-bond donors (Lipinski definition) is 1. The summed E-state index contributed by atoms with van der Waals surface area (Å²) in [6.45, 7) is 3.38. The summed E-state index contributed by atoms with van der Waals surface area (Å²) in [6.07, 6.45) is 0. The predicted octanol–water partition coefficient (Wildman–Crippen LogP) is 3.29. The van der Waals surface area contributed by atoms with Crippen molar-refractivity contribution in [3.8, 4) is 11.5 Å². The van der Waals surface area contributed by atoms with Gasteiger partial charge in [0.1, 0.15) is 0 Å². The third-order valence-corrected chi connectivity index (χ3v) is 4.43. The quantitative estimate of drug-likeness (QED) is 0.711. The van der Waals surface area contributed by atoms with Crippen LogP contribution in [-0.2, 0) is 6.54 Å². The van der Waals surface area contributed by atoms with Gasteiger partial charge in [-0.2, -0.15) is 0 Å². The molecule has 1 aliphatic heterocycles. The van der Waals surface area contributed by atoms with Crippen LogP contribution in [0.5, 0.6) is 11.5 Å². The molecule has 1 amide bonds. The van der Waals surface area contributed by atoms with E-state index in [2.05, 4.69) is 15.5 Å². The van der Waals surface area contributed by atoms with Crippen molar-refractivity contribution in [2.24, 2.45) is 0 Å². The molecule has 0 saturated heterocycles. The number of hydrogen-bond acceptors (Lipinski definition) is 6. The van der Waals surface area contributed by atoms with Crippen molar-refractivity contribution in [1.29, 1.82) is 0 Å². The van der Waals surface area contributed by atoms with Gasteiger partial charge in [0.15, 0.2) is 23.0 Å². The van der Waals surface area contributed by atoms with Gasteiger partial charge in [-0.1, -0.05) is 24.3 Å². The highest BCUT2D eigenvalue weighted by atomic mass is 16.7. The molecule has 1 aliphatic rings. The molecule has 0 aliphatic carbocycles. The highest BCUT2D eigenvalue weighted by Crippen LogP contribution is 2.32. The molecule has 7 heteroatoms. The minimum Gasteiger partial charge on any atom is -0.454 e. The number of nitrogens with zero attached hydrogens (tertiary/aromatic N) is 3. The number of rotatable bonds is 6. The Bertz CT molecular complexity index is 961. The SMILES string of the molecule is CCN(c1ccccc1)c1ccc(C(=O)NCc2ccc3c(c2)OCO3)nn1. The number of nitrogens with one attached hydrogen (secondary N) is 1. The fourth-order valence-electron chi connectivity index (χ4n) is 3.00. The van der Waals surface area contributed by atoms with E-state index < -0.39 is 0 Å². The van der Waals surface area contributed by atoms with Crippen LogP contribution in [-0.4, -0.2) is 29.4 Å². The number of amides is 1. The first-order valence-electron chi connectivity index (χ1n) is 9.07. The minimum absolute atomic E-state index is 0.227.